The summed E-state index contributed by atoms with van der Waals surface area (Å²) in [5, 5.41) is 2.90. The van der Waals surface area contributed by atoms with Crippen LogP contribution in [0.15, 0.2) is 0 Å². The second kappa shape index (κ2) is 7.63. The van der Waals surface area contributed by atoms with Gasteiger partial charge in [0.25, 0.3) is 0 Å². The van der Waals surface area contributed by atoms with E-state index in [0.29, 0.717) is 13.0 Å². The molecule has 0 spiro atoms. The highest BCUT2D eigenvalue weighted by Gasteiger charge is 2.17. The fraction of sp³-hybridized carbons (Fsp3) is 0.917. The van der Waals surface area contributed by atoms with E-state index >= 15 is 0 Å². The molecule has 0 aromatic rings. The molecule has 1 fully saturated rings. The van der Waals surface area contributed by atoms with Crippen LogP contribution in [0.1, 0.15) is 45.4 Å². The highest BCUT2D eigenvalue weighted by molar-refractivity contribution is 5.76. The first-order chi connectivity index (χ1) is 7.72. The summed E-state index contributed by atoms with van der Waals surface area (Å²) in [6.45, 7) is 3.54. The normalized spacial score (nSPS) is 22.8. The molecule has 3 N–H and O–H groups in total. The van der Waals surface area contributed by atoms with Crippen LogP contribution in [0.2, 0.25) is 0 Å². The molecule has 0 aliphatic carbocycles. The molecule has 0 aromatic heterocycles. The molecule has 1 amide bonds. The lowest BCUT2D eigenvalue weighted by molar-refractivity contribution is -0.124. The van der Waals surface area contributed by atoms with Gasteiger partial charge in [-0.1, -0.05) is 6.92 Å². The minimum absolute atomic E-state index is 0.0928. The molecule has 1 aliphatic rings. The molecule has 2 atom stereocenters. The average molecular weight is 228 g/mol. The zero-order chi connectivity index (χ0) is 11.8. The van der Waals surface area contributed by atoms with Gasteiger partial charge in [0.15, 0.2) is 0 Å². The number of amides is 1. The Morgan fingerprint density at radius 3 is 3.00 bits per heavy atom. The van der Waals surface area contributed by atoms with E-state index in [4.69, 9.17) is 10.5 Å². The maximum absolute atomic E-state index is 11.5. The number of carbonyl (C=O) groups is 1. The summed E-state index contributed by atoms with van der Waals surface area (Å²) in [4.78, 5) is 11.5. The highest BCUT2D eigenvalue weighted by atomic mass is 16.5. The zero-order valence-corrected chi connectivity index (χ0v) is 10.2. The fourth-order valence-corrected chi connectivity index (χ4v) is 1.85. The molecule has 0 bridgehead atoms. The van der Waals surface area contributed by atoms with Gasteiger partial charge >= 0.3 is 0 Å². The van der Waals surface area contributed by atoms with E-state index in [1.54, 1.807) is 0 Å². The third kappa shape index (κ3) is 5.47. The van der Waals surface area contributed by atoms with Crippen molar-refractivity contribution in [1.82, 2.24) is 5.32 Å². The molecule has 0 radical (unpaired) electrons. The smallest absolute Gasteiger partial charge is 0.222 e. The standard InChI is InChI=1S/C12H24N2O2/c1-2-10(13)6-7-14-12(15)9-11-5-3-4-8-16-11/h10-11H,2-9,13H2,1H3,(H,14,15). The minimum atomic E-state index is 0.0928. The molecule has 4 heteroatoms. The molecule has 0 saturated carbocycles. The van der Waals surface area contributed by atoms with Crippen molar-refractivity contribution in [3.63, 3.8) is 0 Å². The van der Waals surface area contributed by atoms with E-state index in [1.807, 2.05) is 0 Å². The minimum Gasteiger partial charge on any atom is -0.378 e. The van der Waals surface area contributed by atoms with Gasteiger partial charge in [-0.05, 0) is 32.1 Å². The topological polar surface area (TPSA) is 64.3 Å². The molecular formula is C12H24N2O2. The molecule has 1 aliphatic heterocycles. The summed E-state index contributed by atoms with van der Waals surface area (Å²) >= 11 is 0. The van der Waals surface area contributed by atoms with Crippen molar-refractivity contribution in [2.45, 2.75) is 57.6 Å². The van der Waals surface area contributed by atoms with Gasteiger partial charge in [-0.25, -0.2) is 0 Å². The van der Waals surface area contributed by atoms with Gasteiger partial charge in [0.1, 0.15) is 0 Å². The van der Waals surface area contributed by atoms with Crippen LogP contribution in [0.5, 0.6) is 0 Å². The summed E-state index contributed by atoms with van der Waals surface area (Å²) in [5.41, 5.74) is 5.77. The van der Waals surface area contributed by atoms with Crippen LogP contribution in [-0.4, -0.2) is 31.2 Å². The predicted molar refractivity (Wildman–Crippen MR) is 64.1 cm³/mol. The van der Waals surface area contributed by atoms with Gasteiger partial charge in [-0.3, -0.25) is 4.79 Å². The monoisotopic (exact) mass is 228 g/mol. The molecular weight excluding hydrogens is 204 g/mol. The summed E-state index contributed by atoms with van der Waals surface area (Å²) in [5.74, 6) is 0.0928. The summed E-state index contributed by atoms with van der Waals surface area (Å²) in [6.07, 6.45) is 5.77. The quantitative estimate of drug-likeness (QED) is 0.717. The van der Waals surface area contributed by atoms with Gasteiger partial charge in [0.05, 0.1) is 12.5 Å². The molecule has 4 nitrogen and oxygen atoms in total. The SMILES string of the molecule is CCC(N)CCNC(=O)CC1CCCCO1. The van der Waals surface area contributed by atoms with Crippen molar-refractivity contribution in [1.29, 1.82) is 0 Å². The van der Waals surface area contributed by atoms with Gasteiger partial charge in [0, 0.05) is 19.2 Å². The second-order valence-corrected chi connectivity index (χ2v) is 4.50. The molecule has 16 heavy (non-hydrogen) atoms. The van der Waals surface area contributed by atoms with Crippen molar-refractivity contribution >= 4 is 5.91 Å². The molecule has 0 aromatic carbocycles. The van der Waals surface area contributed by atoms with Gasteiger partial charge in [-0.15, -0.1) is 0 Å². The van der Waals surface area contributed by atoms with Crippen LogP contribution >= 0.6 is 0 Å². The Morgan fingerprint density at radius 2 is 2.38 bits per heavy atom. The first-order valence-corrected chi connectivity index (χ1v) is 6.36. The Kier molecular flexibility index (Phi) is 6.42. The number of hydrogen-bond donors (Lipinski definition) is 2. The largest absolute Gasteiger partial charge is 0.378 e. The maximum atomic E-state index is 11.5. The van der Waals surface area contributed by atoms with Crippen molar-refractivity contribution in [2.75, 3.05) is 13.2 Å². The van der Waals surface area contributed by atoms with Crippen LogP contribution in [0.4, 0.5) is 0 Å². The van der Waals surface area contributed by atoms with Crippen LogP contribution in [0, 0.1) is 0 Å². The second-order valence-electron chi connectivity index (χ2n) is 4.50. The van der Waals surface area contributed by atoms with E-state index in [2.05, 4.69) is 12.2 Å². The molecule has 1 saturated heterocycles. The van der Waals surface area contributed by atoms with E-state index in [1.165, 1.54) is 6.42 Å². The van der Waals surface area contributed by atoms with Gasteiger partial charge in [0.2, 0.25) is 5.91 Å². The van der Waals surface area contributed by atoms with Crippen molar-refractivity contribution in [3.8, 4) is 0 Å². The Hall–Kier alpha value is -0.610. The zero-order valence-electron chi connectivity index (χ0n) is 10.2. The Balaban J connectivity index is 2.05. The number of carbonyl (C=O) groups excluding carboxylic acids is 1. The van der Waals surface area contributed by atoms with E-state index < -0.39 is 0 Å². The first kappa shape index (κ1) is 13.5. The van der Waals surface area contributed by atoms with Crippen LogP contribution in [-0.2, 0) is 9.53 Å². The number of nitrogens with two attached hydrogens (primary N) is 1. The maximum Gasteiger partial charge on any atom is 0.222 e. The van der Waals surface area contributed by atoms with Crippen molar-refractivity contribution in [3.05, 3.63) is 0 Å². The van der Waals surface area contributed by atoms with Gasteiger partial charge in [-0.2, -0.15) is 0 Å². The molecule has 94 valence electrons. The number of rotatable bonds is 6. The van der Waals surface area contributed by atoms with Crippen molar-refractivity contribution < 1.29 is 9.53 Å². The predicted octanol–water partition coefficient (Wildman–Crippen LogP) is 1.19. The Bertz CT molecular complexity index is 203. The van der Waals surface area contributed by atoms with E-state index in [-0.39, 0.29) is 18.1 Å². The van der Waals surface area contributed by atoms with Crippen LogP contribution in [0.3, 0.4) is 0 Å². The third-order valence-corrected chi connectivity index (χ3v) is 3.05. The van der Waals surface area contributed by atoms with E-state index in [9.17, 15) is 4.79 Å². The molecule has 1 heterocycles. The molecule has 1 rings (SSSR count). The Labute approximate surface area is 97.9 Å². The van der Waals surface area contributed by atoms with Crippen LogP contribution < -0.4 is 11.1 Å². The third-order valence-electron chi connectivity index (χ3n) is 3.05. The summed E-state index contributed by atoms with van der Waals surface area (Å²) < 4.78 is 5.51. The summed E-state index contributed by atoms with van der Waals surface area (Å²) in [7, 11) is 0. The van der Waals surface area contributed by atoms with E-state index in [0.717, 1.165) is 32.3 Å². The lowest BCUT2D eigenvalue weighted by Crippen LogP contribution is -2.33. The average Bonchev–Trinajstić information content (AvgIpc) is 2.30. The Morgan fingerprint density at radius 1 is 1.56 bits per heavy atom. The number of hydrogen-bond acceptors (Lipinski definition) is 3. The number of ether oxygens (including phenoxy) is 1. The van der Waals surface area contributed by atoms with Gasteiger partial charge < -0.3 is 15.8 Å². The highest BCUT2D eigenvalue weighted by Crippen LogP contribution is 2.15. The lowest BCUT2D eigenvalue weighted by Gasteiger charge is -2.22. The first-order valence-electron chi connectivity index (χ1n) is 6.36. The van der Waals surface area contributed by atoms with Crippen molar-refractivity contribution in [2.24, 2.45) is 5.73 Å². The number of nitrogens with one attached hydrogen (secondary N) is 1. The van der Waals surface area contributed by atoms with Crippen LogP contribution in [0.25, 0.3) is 0 Å². The fourth-order valence-electron chi connectivity index (χ4n) is 1.85. The summed E-state index contributed by atoms with van der Waals surface area (Å²) in [6, 6.07) is 0.200. The molecule has 2 unspecified atom stereocenters. The lowest BCUT2D eigenvalue weighted by atomic mass is 10.1.